The number of hydrogen-bond donors (Lipinski definition) is 1. The summed E-state index contributed by atoms with van der Waals surface area (Å²) in [5.41, 5.74) is 3.08. The molecular formula is C24H26N6O2. The van der Waals surface area contributed by atoms with Crippen LogP contribution in [0.1, 0.15) is 31.7 Å². The number of esters is 1. The molecule has 8 heteroatoms. The van der Waals surface area contributed by atoms with Crippen LogP contribution in [-0.4, -0.2) is 44.1 Å². The quantitative estimate of drug-likeness (QED) is 0.400. The molecule has 0 amide bonds. The highest BCUT2D eigenvalue weighted by atomic mass is 16.5. The molecule has 0 saturated heterocycles. The molecule has 164 valence electrons. The second kappa shape index (κ2) is 10.00. The third-order valence-electron chi connectivity index (χ3n) is 5.21. The van der Waals surface area contributed by atoms with E-state index in [2.05, 4.69) is 22.6 Å². The highest BCUT2D eigenvalue weighted by Crippen LogP contribution is 2.25. The average Bonchev–Trinajstić information content (AvgIpc) is 3.25. The molecule has 4 aromatic rings. The number of carbonyl (C=O) groups is 1. The van der Waals surface area contributed by atoms with Crippen molar-refractivity contribution in [2.45, 2.75) is 38.8 Å². The third kappa shape index (κ3) is 4.74. The fourth-order valence-electron chi connectivity index (χ4n) is 3.50. The maximum Gasteiger partial charge on any atom is 0.328 e. The summed E-state index contributed by atoms with van der Waals surface area (Å²) >= 11 is 0. The van der Waals surface area contributed by atoms with Crippen LogP contribution < -0.4 is 5.32 Å². The van der Waals surface area contributed by atoms with Crippen LogP contribution in [0.3, 0.4) is 0 Å². The summed E-state index contributed by atoms with van der Waals surface area (Å²) in [6.45, 7) is 2.61. The third-order valence-corrected chi connectivity index (χ3v) is 5.21. The first-order valence-electron chi connectivity index (χ1n) is 10.7. The summed E-state index contributed by atoms with van der Waals surface area (Å²) in [4.78, 5) is 21.9. The van der Waals surface area contributed by atoms with Gasteiger partial charge < -0.3 is 10.1 Å². The minimum Gasteiger partial charge on any atom is -0.467 e. The fourth-order valence-corrected chi connectivity index (χ4v) is 3.50. The Morgan fingerprint density at radius 1 is 1.06 bits per heavy atom. The van der Waals surface area contributed by atoms with Gasteiger partial charge in [-0.3, -0.25) is 0 Å². The lowest BCUT2D eigenvalue weighted by molar-refractivity contribution is -0.141. The largest absolute Gasteiger partial charge is 0.467 e. The predicted octanol–water partition coefficient (Wildman–Crippen LogP) is 4.08. The minimum absolute atomic E-state index is 0.330. The Bertz CT molecular complexity index is 1180. The number of carbonyl (C=O) groups excluding carboxylic acids is 1. The summed E-state index contributed by atoms with van der Waals surface area (Å²) in [7, 11) is 1.39. The highest BCUT2D eigenvalue weighted by molar-refractivity contribution is 5.87. The van der Waals surface area contributed by atoms with Gasteiger partial charge >= 0.3 is 5.97 Å². The summed E-state index contributed by atoms with van der Waals surface area (Å²) < 4.78 is 6.76. The Hall–Kier alpha value is -3.81. The molecule has 0 aliphatic heterocycles. The summed E-state index contributed by atoms with van der Waals surface area (Å²) in [6, 6.07) is 19.2. The van der Waals surface area contributed by atoms with Crippen molar-refractivity contribution in [2.24, 2.45) is 0 Å². The number of rotatable bonds is 9. The van der Waals surface area contributed by atoms with Crippen molar-refractivity contribution in [1.82, 2.24) is 25.0 Å². The number of ether oxygens (including phenoxy) is 1. The van der Waals surface area contributed by atoms with Crippen LogP contribution in [0.15, 0.2) is 60.7 Å². The second-order valence-corrected chi connectivity index (χ2v) is 7.53. The normalized spacial score (nSPS) is 11.9. The van der Waals surface area contributed by atoms with Gasteiger partial charge in [0.05, 0.1) is 13.7 Å². The molecule has 0 fully saturated rings. The van der Waals surface area contributed by atoms with E-state index in [9.17, 15) is 4.79 Å². The molecule has 1 unspecified atom stereocenters. The van der Waals surface area contributed by atoms with E-state index in [1.54, 1.807) is 4.68 Å². The van der Waals surface area contributed by atoms with Crippen molar-refractivity contribution in [3.63, 3.8) is 0 Å². The summed E-state index contributed by atoms with van der Waals surface area (Å²) in [6.07, 6.45) is 2.48. The molecule has 0 aliphatic carbocycles. The van der Waals surface area contributed by atoms with Crippen LogP contribution >= 0.6 is 0 Å². The topological polar surface area (TPSA) is 94.8 Å². The zero-order valence-corrected chi connectivity index (χ0v) is 18.2. The first kappa shape index (κ1) is 21.4. The molecule has 0 bridgehead atoms. The molecule has 0 spiro atoms. The molecule has 4 rings (SSSR count). The fraction of sp³-hybridized carbons (Fsp3) is 0.292. The van der Waals surface area contributed by atoms with Gasteiger partial charge in [-0.15, -0.1) is 5.10 Å². The lowest BCUT2D eigenvalue weighted by Crippen LogP contribution is -2.31. The number of anilines is 1. The number of nitrogens with one attached hydrogen (secondary N) is 1. The Kier molecular flexibility index (Phi) is 6.69. The Balaban J connectivity index is 1.79. The average molecular weight is 431 g/mol. The number of benzene rings is 2. The van der Waals surface area contributed by atoms with E-state index < -0.39 is 6.04 Å². The van der Waals surface area contributed by atoms with Gasteiger partial charge in [0.2, 0.25) is 0 Å². The van der Waals surface area contributed by atoms with Crippen molar-refractivity contribution >= 4 is 23.0 Å². The number of aromatic nitrogens is 5. The van der Waals surface area contributed by atoms with E-state index in [-0.39, 0.29) is 5.97 Å². The molecule has 2 aromatic heterocycles. The van der Waals surface area contributed by atoms with E-state index >= 15 is 0 Å². The number of hydrogen-bond acceptors (Lipinski definition) is 7. The molecule has 2 aromatic carbocycles. The maximum absolute atomic E-state index is 12.4. The molecule has 2 heterocycles. The molecule has 8 nitrogen and oxygen atoms in total. The monoisotopic (exact) mass is 430 g/mol. The highest BCUT2D eigenvalue weighted by Gasteiger charge is 2.23. The second-order valence-electron chi connectivity index (χ2n) is 7.53. The number of methoxy groups -OCH3 is 1. The van der Waals surface area contributed by atoms with E-state index in [0.29, 0.717) is 35.8 Å². The number of nitrogens with zero attached hydrogens (tertiary/aromatic N) is 5. The SMILES string of the molecule is CCCCC(Nc1nc(-c2ccccc2)nc2c1nnn2Cc1ccccc1)C(=O)OC. The van der Waals surface area contributed by atoms with E-state index in [1.165, 1.54) is 7.11 Å². The Labute approximate surface area is 186 Å². The van der Waals surface area contributed by atoms with Crippen LogP contribution in [0.5, 0.6) is 0 Å². The van der Waals surface area contributed by atoms with Gasteiger partial charge in [0.25, 0.3) is 0 Å². The lowest BCUT2D eigenvalue weighted by atomic mass is 10.1. The first-order valence-corrected chi connectivity index (χ1v) is 10.7. The minimum atomic E-state index is -0.527. The van der Waals surface area contributed by atoms with Gasteiger partial charge in [0.1, 0.15) is 6.04 Å². The summed E-state index contributed by atoms with van der Waals surface area (Å²) in [5.74, 6) is 0.680. The Morgan fingerprint density at radius 2 is 1.78 bits per heavy atom. The van der Waals surface area contributed by atoms with E-state index in [4.69, 9.17) is 14.7 Å². The zero-order chi connectivity index (χ0) is 22.3. The van der Waals surface area contributed by atoms with E-state index in [0.717, 1.165) is 24.0 Å². The molecule has 1 atom stereocenters. The van der Waals surface area contributed by atoms with Crippen LogP contribution in [0.2, 0.25) is 0 Å². The van der Waals surface area contributed by atoms with Crippen LogP contribution in [0, 0.1) is 0 Å². The van der Waals surface area contributed by atoms with Gasteiger partial charge in [-0.1, -0.05) is 85.6 Å². The molecule has 0 radical (unpaired) electrons. The molecular weight excluding hydrogens is 404 g/mol. The maximum atomic E-state index is 12.4. The molecule has 32 heavy (non-hydrogen) atoms. The number of fused-ring (bicyclic) bond motifs is 1. The van der Waals surface area contributed by atoms with Crippen LogP contribution in [0.4, 0.5) is 5.82 Å². The van der Waals surface area contributed by atoms with Crippen LogP contribution in [0.25, 0.3) is 22.6 Å². The van der Waals surface area contributed by atoms with Gasteiger partial charge in [-0.2, -0.15) is 0 Å². The van der Waals surface area contributed by atoms with Gasteiger partial charge in [-0.05, 0) is 12.0 Å². The number of unbranched alkanes of at least 4 members (excludes halogenated alkanes) is 1. The first-order chi connectivity index (χ1) is 15.7. The van der Waals surface area contributed by atoms with Crippen molar-refractivity contribution < 1.29 is 9.53 Å². The zero-order valence-electron chi connectivity index (χ0n) is 18.2. The standard InChI is InChI=1S/C24H26N6O2/c1-3-4-15-19(24(31)32-2)25-22-20-23(27-21(26-22)18-13-9-6-10-14-18)30(29-28-20)16-17-11-7-5-8-12-17/h5-14,19H,3-4,15-16H2,1-2H3,(H,25,26,27). The van der Waals surface area contributed by atoms with Gasteiger partial charge in [-0.25, -0.2) is 19.4 Å². The van der Waals surface area contributed by atoms with Gasteiger partial charge in [0.15, 0.2) is 22.8 Å². The van der Waals surface area contributed by atoms with Crippen molar-refractivity contribution in [1.29, 1.82) is 0 Å². The smallest absolute Gasteiger partial charge is 0.328 e. The predicted molar refractivity (Wildman–Crippen MR) is 123 cm³/mol. The molecule has 0 saturated carbocycles. The van der Waals surface area contributed by atoms with E-state index in [1.807, 2.05) is 60.7 Å². The van der Waals surface area contributed by atoms with Crippen molar-refractivity contribution in [2.75, 3.05) is 12.4 Å². The van der Waals surface area contributed by atoms with Crippen molar-refractivity contribution in [3.05, 3.63) is 66.2 Å². The summed E-state index contributed by atoms with van der Waals surface area (Å²) in [5, 5.41) is 11.9. The lowest BCUT2D eigenvalue weighted by Gasteiger charge is -2.17. The van der Waals surface area contributed by atoms with Crippen molar-refractivity contribution in [3.8, 4) is 11.4 Å². The molecule has 0 aliphatic rings. The molecule has 1 N–H and O–H groups in total. The Morgan fingerprint density at radius 3 is 2.47 bits per heavy atom. The van der Waals surface area contributed by atoms with Gasteiger partial charge in [0, 0.05) is 5.56 Å². The van der Waals surface area contributed by atoms with Crippen LogP contribution in [-0.2, 0) is 16.1 Å².